The van der Waals surface area contributed by atoms with Gasteiger partial charge in [0, 0.05) is 18.9 Å². The molecule has 0 heterocycles. The maximum absolute atomic E-state index is 11.2. The standard InChI is InChI=1S/C10H10NO3S/c1-8(12)11(2)14-10(13)15-9-6-4-3-5-7-9/h3-7H,1H2,2H3. The zero-order valence-corrected chi connectivity index (χ0v) is 8.99. The molecule has 0 aliphatic rings. The largest absolute Gasteiger partial charge is 0.396 e. The summed E-state index contributed by atoms with van der Waals surface area (Å²) in [4.78, 5) is 27.3. The molecule has 0 aromatic heterocycles. The van der Waals surface area contributed by atoms with Crippen molar-refractivity contribution in [2.75, 3.05) is 7.05 Å². The maximum atomic E-state index is 11.2. The van der Waals surface area contributed by atoms with Gasteiger partial charge in [-0.15, -0.1) is 0 Å². The van der Waals surface area contributed by atoms with Crippen LogP contribution in [0.4, 0.5) is 4.79 Å². The average Bonchev–Trinajstić information content (AvgIpc) is 2.18. The third-order valence-electron chi connectivity index (χ3n) is 1.51. The highest BCUT2D eigenvalue weighted by Crippen LogP contribution is 2.19. The third-order valence-corrected chi connectivity index (χ3v) is 2.26. The Morgan fingerprint density at radius 3 is 2.47 bits per heavy atom. The Balaban J connectivity index is 2.47. The van der Waals surface area contributed by atoms with E-state index < -0.39 is 11.2 Å². The zero-order valence-electron chi connectivity index (χ0n) is 8.17. The van der Waals surface area contributed by atoms with Crippen molar-refractivity contribution in [2.24, 2.45) is 0 Å². The molecule has 0 saturated carbocycles. The Morgan fingerprint density at radius 2 is 1.93 bits per heavy atom. The molecule has 1 radical (unpaired) electrons. The fraction of sp³-hybridized carbons (Fsp3) is 0.100. The number of carbonyl (C=O) groups excluding carboxylic acids is 2. The predicted molar refractivity (Wildman–Crippen MR) is 56.9 cm³/mol. The van der Waals surface area contributed by atoms with Crippen molar-refractivity contribution in [2.45, 2.75) is 4.90 Å². The van der Waals surface area contributed by atoms with Crippen LogP contribution in [-0.2, 0) is 9.63 Å². The van der Waals surface area contributed by atoms with E-state index in [1.807, 2.05) is 18.2 Å². The number of thioether (sulfide) groups is 1. The van der Waals surface area contributed by atoms with E-state index in [4.69, 9.17) is 0 Å². The second-order valence-electron chi connectivity index (χ2n) is 2.65. The second kappa shape index (κ2) is 5.41. The number of hydrogen-bond acceptors (Lipinski definition) is 4. The second-order valence-corrected chi connectivity index (χ2v) is 3.66. The molecule has 0 aliphatic carbocycles. The maximum Gasteiger partial charge on any atom is 0.396 e. The van der Waals surface area contributed by atoms with Gasteiger partial charge < -0.3 is 4.84 Å². The molecule has 0 bridgehead atoms. The molecule has 15 heavy (non-hydrogen) atoms. The summed E-state index contributed by atoms with van der Waals surface area (Å²) >= 11 is 0.907. The molecule has 1 aromatic rings. The minimum absolute atomic E-state index is 0.569. The Labute approximate surface area is 92.2 Å². The van der Waals surface area contributed by atoms with Crippen LogP contribution in [0.3, 0.4) is 0 Å². The van der Waals surface area contributed by atoms with E-state index >= 15 is 0 Å². The van der Waals surface area contributed by atoms with Gasteiger partial charge >= 0.3 is 5.30 Å². The zero-order chi connectivity index (χ0) is 11.3. The normalized spacial score (nSPS) is 9.47. The van der Waals surface area contributed by atoms with Crippen molar-refractivity contribution in [1.29, 1.82) is 0 Å². The summed E-state index contributed by atoms with van der Waals surface area (Å²) in [5.41, 5.74) is 0. The topological polar surface area (TPSA) is 46.6 Å². The van der Waals surface area contributed by atoms with Crippen molar-refractivity contribution < 1.29 is 14.4 Å². The lowest BCUT2D eigenvalue weighted by molar-refractivity contribution is -0.151. The van der Waals surface area contributed by atoms with Crippen LogP contribution in [0.15, 0.2) is 35.2 Å². The smallest absolute Gasteiger partial charge is 0.327 e. The van der Waals surface area contributed by atoms with E-state index in [1.165, 1.54) is 7.05 Å². The number of carbonyl (C=O) groups is 2. The number of amides is 1. The van der Waals surface area contributed by atoms with Gasteiger partial charge in [-0.2, -0.15) is 5.06 Å². The van der Waals surface area contributed by atoms with Crippen LogP contribution in [0.2, 0.25) is 0 Å². The van der Waals surface area contributed by atoms with E-state index in [0.717, 1.165) is 21.7 Å². The highest BCUT2D eigenvalue weighted by Gasteiger charge is 2.11. The Morgan fingerprint density at radius 1 is 1.33 bits per heavy atom. The van der Waals surface area contributed by atoms with Gasteiger partial charge in [0.05, 0.1) is 0 Å². The van der Waals surface area contributed by atoms with E-state index in [-0.39, 0.29) is 0 Å². The first-order valence-corrected chi connectivity index (χ1v) is 4.95. The lowest BCUT2D eigenvalue weighted by Gasteiger charge is -2.12. The van der Waals surface area contributed by atoms with Gasteiger partial charge in [-0.05, 0) is 23.9 Å². The molecular weight excluding hydrogens is 214 g/mol. The van der Waals surface area contributed by atoms with E-state index in [1.54, 1.807) is 12.1 Å². The molecule has 0 spiro atoms. The summed E-state index contributed by atoms with van der Waals surface area (Å²) < 4.78 is 0. The first-order chi connectivity index (χ1) is 7.09. The SMILES string of the molecule is [CH2]C(=O)N(C)OC(=O)Sc1ccccc1. The molecule has 1 aromatic carbocycles. The summed E-state index contributed by atoms with van der Waals surface area (Å²) in [5, 5.41) is 0.221. The van der Waals surface area contributed by atoms with Gasteiger partial charge in [0.2, 0.25) is 0 Å². The van der Waals surface area contributed by atoms with Gasteiger partial charge in [-0.25, -0.2) is 4.79 Å². The van der Waals surface area contributed by atoms with Crippen LogP contribution in [0.5, 0.6) is 0 Å². The van der Waals surface area contributed by atoms with Crippen LogP contribution in [0, 0.1) is 6.92 Å². The number of hydrogen-bond donors (Lipinski definition) is 0. The van der Waals surface area contributed by atoms with Crippen LogP contribution < -0.4 is 0 Å². The van der Waals surface area contributed by atoms with Crippen molar-refractivity contribution in [3.05, 3.63) is 37.3 Å². The predicted octanol–water partition coefficient (Wildman–Crippen LogP) is 2.12. The number of hydroxylamine groups is 2. The fourth-order valence-electron chi connectivity index (χ4n) is 0.766. The molecule has 79 valence electrons. The van der Waals surface area contributed by atoms with Crippen LogP contribution in [0.1, 0.15) is 0 Å². The Hall–Kier alpha value is -1.49. The van der Waals surface area contributed by atoms with E-state index in [0.29, 0.717) is 0 Å². The highest BCUT2D eigenvalue weighted by molar-refractivity contribution is 8.13. The number of nitrogens with zero attached hydrogens (tertiary/aromatic N) is 1. The van der Waals surface area contributed by atoms with Crippen molar-refractivity contribution in [3.63, 3.8) is 0 Å². The minimum atomic E-state index is -0.572. The van der Waals surface area contributed by atoms with Crippen LogP contribution in [-0.4, -0.2) is 23.3 Å². The summed E-state index contributed by atoms with van der Waals surface area (Å²) in [6, 6.07) is 9.02. The number of rotatable bonds is 1. The summed E-state index contributed by atoms with van der Waals surface area (Å²) in [5.74, 6) is -0.572. The van der Waals surface area contributed by atoms with Gasteiger partial charge in [0.15, 0.2) is 0 Å². The monoisotopic (exact) mass is 224 g/mol. The highest BCUT2D eigenvalue weighted by atomic mass is 32.2. The molecule has 4 nitrogen and oxygen atoms in total. The molecule has 0 fully saturated rings. The average molecular weight is 224 g/mol. The van der Waals surface area contributed by atoms with Gasteiger partial charge in [0.1, 0.15) is 0 Å². The van der Waals surface area contributed by atoms with Gasteiger partial charge in [-0.3, -0.25) is 4.79 Å². The lowest BCUT2D eigenvalue weighted by atomic mass is 10.4. The molecule has 0 unspecified atom stereocenters. The van der Waals surface area contributed by atoms with Crippen LogP contribution in [0.25, 0.3) is 0 Å². The van der Waals surface area contributed by atoms with Crippen molar-refractivity contribution in [1.82, 2.24) is 5.06 Å². The first-order valence-electron chi connectivity index (χ1n) is 4.14. The quantitative estimate of drug-likeness (QED) is 0.541. The molecule has 5 heteroatoms. The molecule has 0 atom stereocenters. The fourth-order valence-corrected chi connectivity index (χ4v) is 1.40. The summed E-state index contributed by atoms with van der Waals surface area (Å²) in [7, 11) is 1.33. The number of benzene rings is 1. The molecule has 0 aliphatic heterocycles. The van der Waals surface area contributed by atoms with Crippen molar-refractivity contribution in [3.8, 4) is 0 Å². The van der Waals surface area contributed by atoms with Crippen LogP contribution >= 0.6 is 11.8 Å². The molecule has 0 saturated heterocycles. The van der Waals surface area contributed by atoms with E-state index in [9.17, 15) is 9.59 Å². The molecule has 1 amide bonds. The first kappa shape index (κ1) is 11.6. The summed E-state index contributed by atoms with van der Waals surface area (Å²) in [6.45, 7) is 3.10. The van der Waals surface area contributed by atoms with Gasteiger partial charge in [-0.1, -0.05) is 18.2 Å². The lowest BCUT2D eigenvalue weighted by Crippen LogP contribution is -2.25. The Kier molecular flexibility index (Phi) is 4.17. The third kappa shape index (κ3) is 4.03. The minimum Gasteiger partial charge on any atom is -0.327 e. The summed E-state index contributed by atoms with van der Waals surface area (Å²) in [6.07, 6.45) is 0. The molecule has 0 N–H and O–H groups in total. The van der Waals surface area contributed by atoms with Gasteiger partial charge in [0.25, 0.3) is 5.91 Å². The van der Waals surface area contributed by atoms with Crippen molar-refractivity contribution >= 4 is 23.0 Å². The van der Waals surface area contributed by atoms with E-state index in [2.05, 4.69) is 11.8 Å². The molecular formula is C10H10NO3S. The molecule has 1 rings (SSSR count). The Bertz CT molecular complexity index is 353.